The Bertz CT molecular complexity index is 840. The van der Waals surface area contributed by atoms with E-state index < -0.39 is 34.9 Å². The van der Waals surface area contributed by atoms with Gasteiger partial charge in [0.15, 0.2) is 0 Å². The minimum atomic E-state index is -6.65. The topological polar surface area (TPSA) is 55.4 Å². The highest BCUT2D eigenvalue weighted by atomic mass is 32.1. The van der Waals surface area contributed by atoms with Crippen molar-refractivity contribution >= 4 is 28.2 Å². The van der Waals surface area contributed by atoms with Crippen molar-refractivity contribution in [3.63, 3.8) is 0 Å². The van der Waals surface area contributed by atoms with Gasteiger partial charge < -0.3 is 10.1 Å². The van der Waals surface area contributed by atoms with E-state index in [1.807, 2.05) is 20.8 Å². The van der Waals surface area contributed by atoms with Crippen LogP contribution < -0.4 is 5.32 Å². The molecule has 170 valence electrons. The number of rotatable bonds is 4. The number of anilines is 1. The average molecular weight is 463 g/mol. The largest absolute Gasteiger partial charge is 0.465 e. The van der Waals surface area contributed by atoms with Crippen molar-refractivity contribution in [3.8, 4) is 0 Å². The van der Waals surface area contributed by atoms with E-state index in [0.717, 1.165) is 7.11 Å². The zero-order valence-corrected chi connectivity index (χ0v) is 17.3. The lowest BCUT2D eigenvalue weighted by atomic mass is 9.72. The zero-order valence-electron chi connectivity index (χ0n) is 16.5. The number of carbonyl (C=O) groups excluding carboxylic acids is 2. The molecule has 1 aromatic rings. The van der Waals surface area contributed by atoms with Crippen molar-refractivity contribution in [2.75, 3.05) is 12.4 Å². The molecule has 0 saturated heterocycles. The summed E-state index contributed by atoms with van der Waals surface area (Å²) >= 11 is 0.696. The van der Waals surface area contributed by atoms with Crippen LogP contribution in [0.4, 0.5) is 35.7 Å². The lowest BCUT2D eigenvalue weighted by Crippen LogP contribution is -2.57. The molecule has 0 spiro atoms. The number of amides is 1. The third kappa shape index (κ3) is 4.15. The van der Waals surface area contributed by atoms with E-state index >= 15 is 0 Å². The number of methoxy groups -OCH3 is 1. The molecule has 1 amide bonds. The third-order valence-corrected chi connectivity index (χ3v) is 6.31. The second-order valence-electron chi connectivity index (χ2n) is 8.11. The maximum atomic E-state index is 13.7. The van der Waals surface area contributed by atoms with Gasteiger partial charge in [-0.25, -0.2) is 4.79 Å². The smallest absolute Gasteiger partial charge is 0.460 e. The number of ether oxygens (including phenoxy) is 1. The van der Waals surface area contributed by atoms with Crippen LogP contribution in [0.15, 0.2) is 0 Å². The van der Waals surface area contributed by atoms with Crippen LogP contribution in [0, 0.1) is 11.3 Å². The van der Waals surface area contributed by atoms with E-state index in [2.05, 4.69) is 4.74 Å². The second kappa shape index (κ2) is 7.69. The minimum absolute atomic E-state index is 0.127. The fourth-order valence-corrected chi connectivity index (χ4v) is 4.54. The fourth-order valence-electron chi connectivity index (χ4n) is 3.23. The molecule has 1 N–H and O–H groups in total. The molecular formula is C18H20F7NO3S. The lowest BCUT2D eigenvalue weighted by Gasteiger charge is -2.33. The Morgan fingerprint density at radius 2 is 1.63 bits per heavy atom. The van der Waals surface area contributed by atoms with Gasteiger partial charge in [-0.2, -0.15) is 30.7 Å². The van der Waals surface area contributed by atoms with Crippen LogP contribution in [0.2, 0.25) is 0 Å². The van der Waals surface area contributed by atoms with E-state index in [1.54, 1.807) is 0 Å². The normalized spacial score (nSPS) is 18.0. The summed E-state index contributed by atoms with van der Waals surface area (Å²) in [5.74, 6) is -16.4. The van der Waals surface area contributed by atoms with Gasteiger partial charge in [0.1, 0.15) is 5.00 Å². The number of hydrogen-bond acceptors (Lipinski definition) is 4. The van der Waals surface area contributed by atoms with E-state index in [9.17, 15) is 40.3 Å². The molecule has 1 aromatic heterocycles. The highest BCUT2D eigenvalue weighted by Gasteiger charge is 2.76. The molecule has 1 aliphatic carbocycles. The van der Waals surface area contributed by atoms with Crippen molar-refractivity contribution in [3.05, 3.63) is 16.0 Å². The molecule has 0 radical (unpaired) electrons. The van der Waals surface area contributed by atoms with Crippen molar-refractivity contribution in [1.82, 2.24) is 0 Å². The van der Waals surface area contributed by atoms with Crippen LogP contribution >= 0.6 is 11.3 Å². The van der Waals surface area contributed by atoms with E-state index in [1.165, 1.54) is 5.32 Å². The number of thiophene rings is 1. The van der Waals surface area contributed by atoms with Crippen LogP contribution in [0.25, 0.3) is 0 Å². The maximum absolute atomic E-state index is 13.7. The van der Waals surface area contributed by atoms with Crippen molar-refractivity contribution in [1.29, 1.82) is 0 Å². The number of nitrogens with one attached hydrogen (secondary N) is 1. The first kappa shape index (κ1) is 24.4. The number of hydrogen-bond donors (Lipinski definition) is 1. The number of fused-ring (bicyclic) bond motifs is 1. The number of esters is 1. The van der Waals surface area contributed by atoms with Gasteiger partial charge in [0, 0.05) is 4.88 Å². The predicted octanol–water partition coefficient (Wildman–Crippen LogP) is 5.46. The van der Waals surface area contributed by atoms with E-state index in [0.29, 0.717) is 41.0 Å². The van der Waals surface area contributed by atoms with Gasteiger partial charge in [-0.05, 0) is 36.2 Å². The first-order valence-electron chi connectivity index (χ1n) is 8.81. The molecule has 0 aromatic carbocycles. The molecule has 1 atom stereocenters. The summed E-state index contributed by atoms with van der Waals surface area (Å²) in [5, 5.41) is 0.866. The Balaban J connectivity index is 2.44. The summed E-state index contributed by atoms with van der Waals surface area (Å²) in [6, 6.07) is 0. The number of alkyl halides is 7. The Kier molecular flexibility index (Phi) is 6.26. The van der Waals surface area contributed by atoms with Crippen LogP contribution in [0.3, 0.4) is 0 Å². The SMILES string of the molecule is COC(=O)c1c(NC(=O)C(F)(F)C(F)(F)C(F)(F)F)sc2c1CCC(C(C)(C)C)C2. The molecule has 0 aliphatic heterocycles. The monoisotopic (exact) mass is 463 g/mol. The standard InChI is InChI=1S/C18H20F7NO3S/c1-15(2,3)8-5-6-9-10(7-8)30-12(11(9)13(27)29-4)26-14(28)16(19,20)17(21,22)18(23,24)25/h8H,5-7H2,1-4H3,(H,26,28). The maximum Gasteiger partial charge on any atom is 0.460 e. The average Bonchev–Trinajstić information content (AvgIpc) is 2.95. The van der Waals surface area contributed by atoms with E-state index in [4.69, 9.17) is 0 Å². The first-order chi connectivity index (χ1) is 13.4. The van der Waals surface area contributed by atoms with Gasteiger partial charge in [0.05, 0.1) is 12.7 Å². The highest BCUT2D eigenvalue weighted by Crippen LogP contribution is 2.48. The fraction of sp³-hybridized carbons (Fsp3) is 0.667. The minimum Gasteiger partial charge on any atom is -0.465 e. The second-order valence-corrected chi connectivity index (χ2v) is 9.21. The quantitative estimate of drug-likeness (QED) is 0.477. The summed E-state index contributed by atoms with van der Waals surface area (Å²) < 4.78 is 95.4. The molecular weight excluding hydrogens is 443 g/mol. The number of carbonyl (C=O) groups is 2. The Morgan fingerprint density at radius 1 is 1.07 bits per heavy atom. The third-order valence-electron chi connectivity index (χ3n) is 5.14. The number of halogens is 7. The van der Waals surface area contributed by atoms with Crippen LogP contribution in [-0.4, -0.2) is 37.0 Å². The van der Waals surface area contributed by atoms with Crippen LogP contribution in [-0.2, 0) is 22.4 Å². The first-order valence-corrected chi connectivity index (χ1v) is 9.63. The summed E-state index contributed by atoms with van der Waals surface area (Å²) in [7, 11) is 0.991. The van der Waals surface area contributed by atoms with Gasteiger partial charge >= 0.3 is 29.9 Å². The molecule has 0 saturated carbocycles. The van der Waals surface area contributed by atoms with E-state index in [-0.39, 0.29) is 16.9 Å². The van der Waals surface area contributed by atoms with Gasteiger partial charge in [-0.1, -0.05) is 20.8 Å². The highest BCUT2D eigenvalue weighted by molar-refractivity contribution is 7.17. The van der Waals surface area contributed by atoms with Crippen LogP contribution in [0.1, 0.15) is 48.0 Å². The zero-order chi connectivity index (χ0) is 23.3. The summed E-state index contributed by atoms with van der Waals surface area (Å²) in [6.07, 6.45) is -5.25. The van der Waals surface area contributed by atoms with Gasteiger partial charge in [0.2, 0.25) is 0 Å². The molecule has 0 fully saturated rings. The van der Waals surface area contributed by atoms with Gasteiger partial charge in [-0.3, -0.25) is 4.79 Å². The molecule has 2 rings (SSSR count). The summed E-state index contributed by atoms with van der Waals surface area (Å²) in [4.78, 5) is 24.4. The molecule has 1 unspecified atom stereocenters. The van der Waals surface area contributed by atoms with Crippen molar-refractivity contribution in [2.45, 2.75) is 58.1 Å². The Morgan fingerprint density at radius 3 is 2.10 bits per heavy atom. The molecule has 1 heterocycles. The van der Waals surface area contributed by atoms with Crippen molar-refractivity contribution < 1.29 is 45.1 Å². The van der Waals surface area contributed by atoms with Gasteiger partial charge in [0.25, 0.3) is 0 Å². The Hall–Kier alpha value is -1.85. The van der Waals surface area contributed by atoms with Crippen LogP contribution in [0.5, 0.6) is 0 Å². The molecule has 12 heteroatoms. The molecule has 0 bridgehead atoms. The molecule has 1 aliphatic rings. The lowest BCUT2D eigenvalue weighted by molar-refractivity contribution is -0.343. The summed E-state index contributed by atoms with van der Waals surface area (Å²) in [5.41, 5.74) is -0.0175. The van der Waals surface area contributed by atoms with Gasteiger partial charge in [-0.15, -0.1) is 11.3 Å². The molecule has 4 nitrogen and oxygen atoms in total. The Labute approximate surface area is 171 Å². The summed E-state index contributed by atoms with van der Waals surface area (Å²) in [6.45, 7) is 5.96. The van der Waals surface area contributed by atoms with Crippen molar-refractivity contribution in [2.24, 2.45) is 11.3 Å². The molecule has 30 heavy (non-hydrogen) atoms. The predicted molar refractivity (Wildman–Crippen MR) is 95.2 cm³/mol.